The number of hydrogen-bond donors (Lipinski definition) is 0. The lowest BCUT2D eigenvalue weighted by molar-refractivity contribution is 0.302. The smallest absolute Gasteiger partial charge is 0.0282 e. The van der Waals surface area contributed by atoms with Crippen molar-refractivity contribution >= 4 is 11.6 Å². The van der Waals surface area contributed by atoms with Gasteiger partial charge >= 0.3 is 0 Å². The fourth-order valence-electron chi connectivity index (χ4n) is 1.88. The first-order valence-corrected chi connectivity index (χ1v) is 6.31. The molecule has 84 valence electrons. The van der Waals surface area contributed by atoms with E-state index in [1.165, 1.54) is 11.1 Å². The highest BCUT2D eigenvalue weighted by atomic mass is 35.5. The lowest BCUT2D eigenvalue weighted by Crippen LogP contribution is -2.24. The van der Waals surface area contributed by atoms with Gasteiger partial charge in [-0.15, -0.1) is 11.6 Å². The second kappa shape index (κ2) is 5.55. The molecule has 0 heterocycles. The molecular weight excluding hydrogens is 204 g/mol. The predicted octanol–water partition coefficient (Wildman–Crippen LogP) is 4.58. The number of hydrogen-bond acceptors (Lipinski definition) is 0. The molecule has 0 aliphatic rings. The van der Waals surface area contributed by atoms with Crippen LogP contribution in [0.15, 0.2) is 24.3 Å². The third-order valence-electron chi connectivity index (χ3n) is 3.48. The van der Waals surface area contributed by atoms with Crippen LogP contribution in [0, 0.1) is 12.3 Å². The summed E-state index contributed by atoms with van der Waals surface area (Å²) in [6, 6.07) is 8.81. The molecule has 0 bridgehead atoms. The zero-order chi connectivity index (χ0) is 11.3. The Morgan fingerprint density at radius 1 is 1.07 bits per heavy atom. The minimum atomic E-state index is 0.289. The van der Waals surface area contributed by atoms with Gasteiger partial charge in [-0.1, -0.05) is 43.7 Å². The van der Waals surface area contributed by atoms with Gasteiger partial charge in [0.2, 0.25) is 0 Å². The zero-order valence-electron chi connectivity index (χ0n) is 10.0. The van der Waals surface area contributed by atoms with Gasteiger partial charge < -0.3 is 0 Å². The highest BCUT2D eigenvalue weighted by Gasteiger charge is 2.25. The van der Waals surface area contributed by atoms with E-state index in [1.54, 1.807) is 0 Å². The van der Waals surface area contributed by atoms with E-state index in [9.17, 15) is 0 Å². The van der Waals surface area contributed by atoms with Crippen LogP contribution < -0.4 is 0 Å². The van der Waals surface area contributed by atoms with Crippen LogP contribution >= 0.6 is 11.6 Å². The first-order valence-electron chi connectivity index (χ1n) is 5.77. The number of rotatable bonds is 5. The summed E-state index contributed by atoms with van der Waals surface area (Å²) < 4.78 is 0. The molecule has 0 radical (unpaired) electrons. The van der Waals surface area contributed by atoms with Gasteiger partial charge in [-0.25, -0.2) is 0 Å². The van der Waals surface area contributed by atoms with Gasteiger partial charge in [0.1, 0.15) is 0 Å². The van der Waals surface area contributed by atoms with Gasteiger partial charge in [0.05, 0.1) is 0 Å². The Morgan fingerprint density at radius 3 is 2.00 bits per heavy atom. The second-order valence-corrected chi connectivity index (χ2v) is 4.77. The van der Waals surface area contributed by atoms with E-state index in [2.05, 4.69) is 45.0 Å². The molecule has 0 aromatic heterocycles. The molecule has 0 aliphatic carbocycles. The zero-order valence-corrected chi connectivity index (χ0v) is 10.8. The third-order valence-corrected chi connectivity index (χ3v) is 4.05. The molecule has 0 unspecified atom stereocenters. The highest BCUT2D eigenvalue weighted by molar-refractivity contribution is 6.18. The molecule has 1 aromatic carbocycles. The standard InChI is InChI=1S/C14H21Cl/c1-4-14(5-2,11-15)10-13-8-6-12(3)7-9-13/h6-9H,4-5,10-11H2,1-3H3. The van der Waals surface area contributed by atoms with Crippen molar-refractivity contribution in [1.29, 1.82) is 0 Å². The van der Waals surface area contributed by atoms with Crippen LogP contribution in [0.3, 0.4) is 0 Å². The van der Waals surface area contributed by atoms with Crippen molar-refractivity contribution in [3.05, 3.63) is 35.4 Å². The van der Waals surface area contributed by atoms with Crippen molar-refractivity contribution in [2.75, 3.05) is 5.88 Å². The minimum Gasteiger partial charge on any atom is -0.126 e. The molecule has 15 heavy (non-hydrogen) atoms. The fraction of sp³-hybridized carbons (Fsp3) is 0.571. The van der Waals surface area contributed by atoms with Crippen LogP contribution in [0.2, 0.25) is 0 Å². The number of benzene rings is 1. The molecule has 1 heteroatoms. The second-order valence-electron chi connectivity index (χ2n) is 4.50. The molecule has 0 saturated carbocycles. The van der Waals surface area contributed by atoms with E-state index < -0.39 is 0 Å². The van der Waals surface area contributed by atoms with E-state index in [-0.39, 0.29) is 5.41 Å². The number of alkyl halides is 1. The summed E-state index contributed by atoms with van der Waals surface area (Å²) in [5, 5.41) is 0. The van der Waals surface area contributed by atoms with Gasteiger partial charge in [0.25, 0.3) is 0 Å². The summed E-state index contributed by atoms with van der Waals surface area (Å²) in [4.78, 5) is 0. The minimum absolute atomic E-state index is 0.289. The van der Waals surface area contributed by atoms with Gasteiger partial charge in [0.15, 0.2) is 0 Å². The van der Waals surface area contributed by atoms with E-state index in [0.717, 1.165) is 25.1 Å². The Morgan fingerprint density at radius 2 is 1.60 bits per heavy atom. The Balaban J connectivity index is 2.78. The Bertz CT molecular complexity index is 274. The van der Waals surface area contributed by atoms with Gasteiger partial charge in [-0.2, -0.15) is 0 Å². The molecular formula is C14H21Cl. The summed E-state index contributed by atoms with van der Waals surface area (Å²) in [5.41, 5.74) is 3.02. The monoisotopic (exact) mass is 224 g/mol. The quantitative estimate of drug-likeness (QED) is 0.643. The maximum absolute atomic E-state index is 6.11. The molecule has 0 atom stereocenters. The molecule has 1 aromatic rings. The third kappa shape index (κ3) is 3.24. The highest BCUT2D eigenvalue weighted by Crippen LogP contribution is 2.32. The summed E-state index contributed by atoms with van der Waals surface area (Å²) in [7, 11) is 0. The van der Waals surface area contributed by atoms with Crippen LogP contribution in [-0.2, 0) is 6.42 Å². The summed E-state index contributed by atoms with van der Waals surface area (Å²) in [6.45, 7) is 6.60. The van der Waals surface area contributed by atoms with Crippen molar-refractivity contribution in [2.45, 2.75) is 40.0 Å². The predicted molar refractivity (Wildman–Crippen MR) is 68.6 cm³/mol. The van der Waals surface area contributed by atoms with Crippen molar-refractivity contribution in [3.63, 3.8) is 0 Å². The fourth-order valence-corrected chi connectivity index (χ4v) is 2.35. The summed E-state index contributed by atoms with van der Waals surface area (Å²) in [5.74, 6) is 0.758. The van der Waals surface area contributed by atoms with Gasteiger partial charge in [-0.05, 0) is 37.2 Å². The van der Waals surface area contributed by atoms with Crippen molar-refractivity contribution < 1.29 is 0 Å². The average molecular weight is 225 g/mol. The van der Waals surface area contributed by atoms with E-state index in [1.807, 2.05) is 0 Å². The van der Waals surface area contributed by atoms with E-state index >= 15 is 0 Å². The molecule has 0 nitrogen and oxygen atoms in total. The SMILES string of the molecule is CCC(CC)(CCl)Cc1ccc(C)cc1. The van der Waals surface area contributed by atoms with Crippen LogP contribution in [0.5, 0.6) is 0 Å². The molecule has 0 saturated heterocycles. The number of halogens is 1. The summed E-state index contributed by atoms with van der Waals surface area (Å²) in [6.07, 6.45) is 3.41. The van der Waals surface area contributed by atoms with Crippen LogP contribution in [0.25, 0.3) is 0 Å². The molecule has 1 rings (SSSR count). The molecule has 0 spiro atoms. The normalized spacial score (nSPS) is 11.7. The Hall–Kier alpha value is -0.490. The van der Waals surface area contributed by atoms with E-state index in [0.29, 0.717) is 0 Å². The first kappa shape index (κ1) is 12.6. The first-order chi connectivity index (χ1) is 7.15. The summed E-state index contributed by atoms with van der Waals surface area (Å²) >= 11 is 6.11. The Kier molecular flexibility index (Phi) is 4.66. The Labute approximate surface area is 98.7 Å². The number of aryl methyl sites for hydroxylation is 1. The average Bonchev–Trinajstić information content (AvgIpc) is 2.29. The van der Waals surface area contributed by atoms with E-state index in [4.69, 9.17) is 11.6 Å². The maximum Gasteiger partial charge on any atom is 0.0282 e. The largest absolute Gasteiger partial charge is 0.126 e. The van der Waals surface area contributed by atoms with Crippen LogP contribution in [0.4, 0.5) is 0 Å². The van der Waals surface area contributed by atoms with Crippen molar-refractivity contribution in [2.24, 2.45) is 5.41 Å². The molecule has 0 amide bonds. The molecule has 0 fully saturated rings. The van der Waals surface area contributed by atoms with Crippen molar-refractivity contribution in [3.8, 4) is 0 Å². The van der Waals surface area contributed by atoms with Gasteiger partial charge in [-0.3, -0.25) is 0 Å². The van der Waals surface area contributed by atoms with Crippen LogP contribution in [0.1, 0.15) is 37.8 Å². The lowest BCUT2D eigenvalue weighted by atomic mass is 9.79. The molecule has 0 aliphatic heterocycles. The van der Waals surface area contributed by atoms with Crippen LogP contribution in [-0.4, -0.2) is 5.88 Å². The van der Waals surface area contributed by atoms with Gasteiger partial charge in [0, 0.05) is 5.88 Å². The topological polar surface area (TPSA) is 0 Å². The van der Waals surface area contributed by atoms with Crippen molar-refractivity contribution in [1.82, 2.24) is 0 Å². The molecule has 0 N–H and O–H groups in total. The lowest BCUT2D eigenvalue weighted by Gasteiger charge is -2.29. The maximum atomic E-state index is 6.11.